The van der Waals surface area contributed by atoms with E-state index in [4.69, 9.17) is 0 Å². The van der Waals surface area contributed by atoms with E-state index in [9.17, 15) is 18.8 Å². The third kappa shape index (κ3) is 4.71. The summed E-state index contributed by atoms with van der Waals surface area (Å²) in [6, 6.07) is 7.97. The van der Waals surface area contributed by atoms with Crippen molar-refractivity contribution in [1.82, 2.24) is 19.9 Å². The minimum absolute atomic E-state index is 0.143. The Balaban J connectivity index is 1.51. The summed E-state index contributed by atoms with van der Waals surface area (Å²) in [5, 5.41) is 3.01. The van der Waals surface area contributed by atoms with Crippen molar-refractivity contribution in [1.29, 1.82) is 0 Å². The lowest BCUT2D eigenvalue weighted by molar-refractivity contribution is 0.0955. The Morgan fingerprint density at radius 3 is 2.71 bits per heavy atom. The number of fused-ring (bicyclic) bond motifs is 1. The van der Waals surface area contributed by atoms with Gasteiger partial charge in [-0.05, 0) is 62.3 Å². The number of rotatable bonds is 8. The SMILES string of the molecule is CCn1c(=O)[nH]c(=O)c2c(C(=O)NCCCSc3ccc(F)cc3)cc(C3CC3)nc21. The predicted octanol–water partition coefficient (Wildman–Crippen LogP) is 3.03. The van der Waals surface area contributed by atoms with Gasteiger partial charge < -0.3 is 5.32 Å². The Hall–Kier alpha value is -2.94. The number of hydrogen-bond donors (Lipinski definition) is 2. The lowest BCUT2D eigenvalue weighted by atomic mass is 10.1. The van der Waals surface area contributed by atoms with Crippen LogP contribution in [0, 0.1) is 5.82 Å². The molecule has 0 aliphatic heterocycles. The van der Waals surface area contributed by atoms with Crippen LogP contribution in [-0.4, -0.2) is 32.7 Å². The smallest absolute Gasteiger partial charge is 0.329 e. The molecule has 162 valence electrons. The van der Waals surface area contributed by atoms with Gasteiger partial charge in [0.05, 0.1) is 10.9 Å². The van der Waals surface area contributed by atoms with Crippen LogP contribution in [0.25, 0.3) is 11.0 Å². The summed E-state index contributed by atoms with van der Waals surface area (Å²) < 4.78 is 14.4. The Morgan fingerprint density at radius 1 is 1.29 bits per heavy atom. The maximum absolute atomic E-state index is 13.0. The molecule has 9 heteroatoms. The molecule has 0 bridgehead atoms. The highest BCUT2D eigenvalue weighted by molar-refractivity contribution is 7.99. The zero-order valence-corrected chi connectivity index (χ0v) is 17.9. The number of aromatic amines is 1. The molecule has 7 nitrogen and oxygen atoms in total. The van der Waals surface area contributed by atoms with Gasteiger partial charge in [0.25, 0.3) is 11.5 Å². The number of halogens is 1. The number of aromatic nitrogens is 3. The molecule has 3 aromatic rings. The van der Waals surface area contributed by atoms with Crippen molar-refractivity contribution < 1.29 is 9.18 Å². The second kappa shape index (κ2) is 9.05. The first-order valence-corrected chi connectivity index (χ1v) is 11.3. The van der Waals surface area contributed by atoms with Crippen molar-refractivity contribution in [2.24, 2.45) is 0 Å². The first-order chi connectivity index (χ1) is 15.0. The van der Waals surface area contributed by atoms with Crippen LogP contribution in [0.3, 0.4) is 0 Å². The number of pyridine rings is 1. The molecule has 1 saturated carbocycles. The van der Waals surface area contributed by atoms with Crippen LogP contribution in [0.4, 0.5) is 4.39 Å². The number of H-pyrrole nitrogens is 1. The second-order valence-corrected chi connectivity index (χ2v) is 8.65. The van der Waals surface area contributed by atoms with Gasteiger partial charge in [0.15, 0.2) is 5.65 Å². The van der Waals surface area contributed by atoms with E-state index in [0.717, 1.165) is 29.2 Å². The number of amides is 1. The third-order valence-corrected chi connectivity index (χ3v) is 6.31. The van der Waals surface area contributed by atoms with Crippen LogP contribution in [0.15, 0.2) is 44.8 Å². The summed E-state index contributed by atoms with van der Waals surface area (Å²) in [6.45, 7) is 2.57. The van der Waals surface area contributed by atoms with Crippen molar-refractivity contribution in [2.45, 2.75) is 43.5 Å². The summed E-state index contributed by atoms with van der Waals surface area (Å²) in [5.41, 5.74) is 0.136. The molecule has 31 heavy (non-hydrogen) atoms. The van der Waals surface area contributed by atoms with Gasteiger partial charge in [0.1, 0.15) is 5.82 Å². The van der Waals surface area contributed by atoms with Crippen LogP contribution in [-0.2, 0) is 6.54 Å². The van der Waals surface area contributed by atoms with Gasteiger partial charge in [-0.3, -0.25) is 19.1 Å². The van der Waals surface area contributed by atoms with Crippen molar-refractivity contribution in [2.75, 3.05) is 12.3 Å². The van der Waals surface area contributed by atoms with E-state index in [1.54, 1.807) is 36.9 Å². The maximum Gasteiger partial charge on any atom is 0.329 e. The summed E-state index contributed by atoms with van der Waals surface area (Å²) >= 11 is 1.58. The number of benzene rings is 1. The molecular formula is C22H23FN4O3S. The van der Waals surface area contributed by atoms with E-state index >= 15 is 0 Å². The number of nitrogens with zero attached hydrogens (tertiary/aromatic N) is 2. The molecule has 1 aliphatic carbocycles. The van der Waals surface area contributed by atoms with Crippen molar-refractivity contribution in [3.05, 3.63) is 68.2 Å². The molecule has 1 aliphatic rings. The fraction of sp³-hybridized carbons (Fsp3) is 0.364. The molecule has 0 saturated heterocycles. The molecule has 4 rings (SSSR count). The molecule has 1 amide bonds. The normalized spacial score (nSPS) is 13.5. The van der Waals surface area contributed by atoms with Gasteiger partial charge in [-0.2, -0.15) is 0 Å². The Morgan fingerprint density at radius 2 is 2.03 bits per heavy atom. The van der Waals surface area contributed by atoms with Gasteiger partial charge in [-0.25, -0.2) is 14.2 Å². The largest absolute Gasteiger partial charge is 0.352 e. The molecule has 1 fully saturated rings. The average Bonchev–Trinajstić information content (AvgIpc) is 3.59. The lowest BCUT2D eigenvalue weighted by Gasteiger charge is -2.12. The number of carbonyl (C=O) groups is 1. The average molecular weight is 443 g/mol. The zero-order chi connectivity index (χ0) is 22.0. The van der Waals surface area contributed by atoms with Gasteiger partial charge >= 0.3 is 5.69 Å². The predicted molar refractivity (Wildman–Crippen MR) is 118 cm³/mol. The van der Waals surface area contributed by atoms with E-state index in [1.165, 1.54) is 16.7 Å². The van der Waals surface area contributed by atoms with Gasteiger partial charge in [-0.1, -0.05) is 0 Å². The summed E-state index contributed by atoms with van der Waals surface area (Å²) in [6.07, 6.45) is 2.68. The standard InChI is InChI=1S/C22H23FN4O3S/c1-2-27-19-18(21(29)26-22(27)30)16(12-17(25-19)13-4-5-13)20(28)24-10-3-11-31-15-8-6-14(23)7-9-15/h6-9,12-13H,2-5,10-11H2,1H3,(H,24,28)(H,26,29,30). The molecule has 2 N–H and O–H groups in total. The second-order valence-electron chi connectivity index (χ2n) is 7.48. The highest BCUT2D eigenvalue weighted by Gasteiger charge is 2.28. The Bertz CT molecular complexity index is 1230. The third-order valence-electron chi connectivity index (χ3n) is 5.21. The molecule has 0 atom stereocenters. The fourth-order valence-corrected chi connectivity index (χ4v) is 4.30. The Labute approximate surface area is 182 Å². The summed E-state index contributed by atoms with van der Waals surface area (Å²) in [4.78, 5) is 45.5. The number of nitrogens with one attached hydrogen (secondary N) is 2. The van der Waals surface area contributed by atoms with Crippen LogP contribution < -0.4 is 16.6 Å². The van der Waals surface area contributed by atoms with Crippen LogP contribution in [0.1, 0.15) is 48.2 Å². The summed E-state index contributed by atoms with van der Waals surface area (Å²) in [5.74, 6) is 0.401. The van der Waals surface area contributed by atoms with Gasteiger partial charge in [-0.15, -0.1) is 11.8 Å². The van der Waals surface area contributed by atoms with Gasteiger partial charge in [0.2, 0.25) is 0 Å². The highest BCUT2D eigenvalue weighted by atomic mass is 32.2. The lowest BCUT2D eigenvalue weighted by Crippen LogP contribution is -2.33. The topological polar surface area (TPSA) is 96.9 Å². The Kier molecular flexibility index (Phi) is 6.22. The molecule has 0 spiro atoms. The maximum atomic E-state index is 13.0. The van der Waals surface area contributed by atoms with Crippen LogP contribution >= 0.6 is 11.8 Å². The van der Waals surface area contributed by atoms with E-state index in [0.29, 0.717) is 19.5 Å². The molecule has 1 aromatic carbocycles. The number of aryl methyl sites for hydroxylation is 1. The van der Waals surface area contributed by atoms with Crippen LogP contribution in [0.2, 0.25) is 0 Å². The van der Waals surface area contributed by atoms with E-state index in [2.05, 4.69) is 15.3 Å². The van der Waals surface area contributed by atoms with Crippen molar-refractivity contribution in [3.8, 4) is 0 Å². The zero-order valence-electron chi connectivity index (χ0n) is 17.1. The number of thioether (sulfide) groups is 1. The fourth-order valence-electron chi connectivity index (χ4n) is 3.44. The minimum atomic E-state index is -0.600. The van der Waals surface area contributed by atoms with Gasteiger partial charge in [0, 0.05) is 29.6 Å². The molecule has 2 heterocycles. The first-order valence-electron chi connectivity index (χ1n) is 10.3. The first kappa shape index (κ1) is 21.3. The van der Waals surface area contributed by atoms with E-state index < -0.39 is 11.2 Å². The molecule has 0 radical (unpaired) electrons. The van der Waals surface area contributed by atoms with E-state index in [1.807, 2.05) is 0 Å². The minimum Gasteiger partial charge on any atom is -0.352 e. The molecule has 0 unspecified atom stereocenters. The summed E-state index contributed by atoms with van der Waals surface area (Å²) in [7, 11) is 0. The molecular weight excluding hydrogens is 419 g/mol. The van der Waals surface area contributed by atoms with E-state index in [-0.39, 0.29) is 34.2 Å². The number of hydrogen-bond acceptors (Lipinski definition) is 5. The highest BCUT2D eigenvalue weighted by Crippen LogP contribution is 2.39. The van der Waals surface area contributed by atoms with Crippen molar-refractivity contribution in [3.63, 3.8) is 0 Å². The number of carbonyl (C=O) groups excluding carboxylic acids is 1. The van der Waals surface area contributed by atoms with Crippen LogP contribution in [0.5, 0.6) is 0 Å². The monoisotopic (exact) mass is 442 g/mol. The molecule has 2 aromatic heterocycles. The quantitative estimate of drug-likeness (QED) is 0.413. The van der Waals surface area contributed by atoms with Crippen molar-refractivity contribution >= 4 is 28.7 Å².